The van der Waals surface area contributed by atoms with E-state index in [1.807, 2.05) is 25.4 Å². The lowest BCUT2D eigenvalue weighted by Gasteiger charge is -2.15. The van der Waals surface area contributed by atoms with E-state index in [0.29, 0.717) is 6.42 Å². The van der Waals surface area contributed by atoms with Crippen LogP contribution in [0.4, 0.5) is 0 Å². The lowest BCUT2D eigenvalue weighted by Crippen LogP contribution is -2.18. The standard InChI is InChI=1S/C12H20N2O2S/c1-3-17(15,16)9-5-7-12(13-2)11-6-4-8-14-10-11/h4,6,8,10,12-13H,3,5,7,9H2,1-2H3. The molecule has 0 aromatic carbocycles. The second kappa shape index (κ2) is 6.71. The molecule has 1 heterocycles. The highest BCUT2D eigenvalue weighted by molar-refractivity contribution is 7.91. The highest BCUT2D eigenvalue weighted by Crippen LogP contribution is 2.17. The topological polar surface area (TPSA) is 59.1 Å². The van der Waals surface area contributed by atoms with Crippen molar-refractivity contribution in [2.45, 2.75) is 25.8 Å². The van der Waals surface area contributed by atoms with E-state index < -0.39 is 9.84 Å². The van der Waals surface area contributed by atoms with Gasteiger partial charge >= 0.3 is 0 Å². The molecular weight excluding hydrogens is 236 g/mol. The van der Waals surface area contributed by atoms with Crippen molar-refractivity contribution in [2.75, 3.05) is 18.6 Å². The summed E-state index contributed by atoms with van der Waals surface area (Å²) in [4.78, 5) is 4.07. The molecule has 96 valence electrons. The SMILES string of the molecule is CCS(=O)(=O)CCCC(NC)c1cccnc1. The summed E-state index contributed by atoms with van der Waals surface area (Å²) < 4.78 is 22.7. The van der Waals surface area contributed by atoms with Crippen molar-refractivity contribution in [2.24, 2.45) is 0 Å². The van der Waals surface area contributed by atoms with E-state index >= 15 is 0 Å². The van der Waals surface area contributed by atoms with Crippen molar-refractivity contribution < 1.29 is 8.42 Å². The predicted octanol–water partition coefficient (Wildman–Crippen LogP) is 1.56. The van der Waals surface area contributed by atoms with Gasteiger partial charge in [-0.3, -0.25) is 4.98 Å². The van der Waals surface area contributed by atoms with E-state index in [0.717, 1.165) is 12.0 Å². The summed E-state index contributed by atoms with van der Waals surface area (Å²) in [6, 6.07) is 4.07. The van der Waals surface area contributed by atoms with Gasteiger partial charge in [-0.05, 0) is 31.5 Å². The lowest BCUT2D eigenvalue weighted by molar-refractivity contribution is 0.534. The van der Waals surface area contributed by atoms with Gasteiger partial charge in [-0.1, -0.05) is 13.0 Å². The Kier molecular flexibility index (Phi) is 5.58. The van der Waals surface area contributed by atoms with E-state index in [-0.39, 0.29) is 17.5 Å². The van der Waals surface area contributed by atoms with Gasteiger partial charge in [0.2, 0.25) is 0 Å². The van der Waals surface area contributed by atoms with Crippen molar-refractivity contribution in [3.63, 3.8) is 0 Å². The molecule has 1 aromatic rings. The van der Waals surface area contributed by atoms with E-state index in [4.69, 9.17) is 0 Å². The normalized spacial score (nSPS) is 13.5. The van der Waals surface area contributed by atoms with Crippen LogP contribution in [-0.2, 0) is 9.84 Å². The van der Waals surface area contributed by atoms with Crippen LogP contribution in [0.1, 0.15) is 31.4 Å². The fourth-order valence-corrected chi connectivity index (χ4v) is 2.61. The number of nitrogens with zero attached hydrogens (tertiary/aromatic N) is 1. The summed E-state index contributed by atoms with van der Waals surface area (Å²) in [6.45, 7) is 1.69. The highest BCUT2D eigenvalue weighted by Gasteiger charge is 2.12. The first-order chi connectivity index (χ1) is 8.09. The van der Waals surface area contributed by atoms with Gasteiger partial charge in [-0.15, -0.1) is 0 Å². The Balaban J connectivity index is 2.50. The van der Waals surface area contributed by atoms with Gasteiger partial charge in [0.15, 0.2) is 0 Å². The molecule has 0 aliphatic rings. The quantitative estimate of drug-likeness (QED) is 0.804. The van der Waals surface area contributed by atoms with Gasteiger partial charge in [0.25, 0.3) is 0 Å². The molecule has 0 bridgehead atoms. The molecule has 17 heavy (non-hydrogen) atoms. The average molecular weight is 256 g/mol. The summed E-state index contributed by atoms with van der Waals surface area (Å²) in [5, 5.41) is 3.19. The van der Waals surface area contributed by atoms with Gasteiger partial charge in [0.05, 0.1) is 5.75 Å². The van der Waals surface area contributed by atoms with Gasteiger partial charge in [-0.25, -0.2) is 8.42 Å². The maximum atomic E-state index is 11.4. The molecule has 0 fully saturated rings. The van der Waals surface area contributed by atoms with Crippen LogP contribution in [0.15, 0.2) is 24.5 Å². The first-order valence-corrected chi connectivity index (χ1v) is 7.69. The molecular formula is C12H20N2O2S. The van der Waals surface area contributed by atoms with Crippen LogP contribution in [0.5, 0.6) is 0 Å². The first kappa shape index (κ1) is 14.1. The summed E-state index contributed by atoms with van der Waals surface area (Å²) in [5.74, 6) is 0.492. The van der Waals surface area contributed by atoms with Crippen LogP contribution in [0.3, 0.4) is 0 Å². The Labute approximate surface area is 103 Å². The molecule has 0 aliphatic carbocycles. The van der Waals surface area contributed by atoms with Gasteiger partial charge < -0.3 is 5.32 Å². The smallest absolute Gasteiger partial charge is 0.150 e. The van der Waals surface area contributed by atoms with Crippen LogP contribution in [0.2, 0.25) is 0 Å². The number of hydrogen-bond acceptors (Lipinski definition) is 4. The minimum absolute atomic E-state index is 0.177. The molecule has 4 nitrogen and oxygen atoms in total. The number of sulfone groups is 1. The Hall–Kier alpha value is -0.940. The molecule has 1 N–H and O–H groups in total. The zero-order valence-electron chi connectivity index (χ0n) is 10.4. The zero-order valence-corrected chi connectivity index (χ0v) is 11.2. The Bertz CT molecular complexity index is 417. The largest absolute Gasteiger partial charge is 0.313 e. The summed E-state index contributed by atoms with van der Waals surface area (Å²) in [7, 11) is -0.968. The van der Waals surface area contributed by atoms with Crippen LogP contribution in [0, 0.1) is 0 Å². The van der Waals surface area contributed by atoms with Crippen LogP contribution in [-0.4, -0.2) is 32.0 Å². The third kappa shape index (κ3) is 4.83. The van der Waals surface area contributed by atoms with Crippen molar-refractivity contribution >= 4 is 9.84 Å². The second-order valence-electron chi connectivity index (χ2n) is 4.01. The van der Waals surface area contributed by atoms with Crippen molar-refractivity contribution in [1.29, 1.82) is 0 Å². The minimum Gasteiger partial charge on any atom is -0.313 e. The Morgan fingerprint density at radius 1 is 1.47 bits per heavy atom. The van der Waals surface area contributed by atoms with E-state index in [1.54, 1.807) is 13.1 Å². The van der Waals surface area contributed by atoms with Crippen LogP contribution >= 0.6 is 0 Å². The summed E-state index contributed by atoms with van der Waals surface area (Å²) in [6.07, 6.45) is 5.03. The molecule has 0 aliphatic heterocycles. The Morgan fingerprint density at radius 2 is 2.24 bits per heavy atom. The molecule has 1 atom stereocenters. The van der Waals surface area contributed by atoms with E-state index in [2.05, 4.69) is 10.3 Å². The molecule has 1 unspecified atom stereocenters. The first-order valence-electron chi connectivity index (χ1n) is 5.86. The monoisotopic (exact) mass is 256 g/mol. The predicted molar refractivity (Wildman–Crippen MR) is 69.6 cm³/mol. The number of nitrogens with one attached hydrogen (secondary N) is 1. The molecule has 0 spiro atoms. The van der Waals surface area contributed by atoms with Crippen LogP contribution in [0.25, 0.3) is 0 Å². The number of pyridine rings is 1. The Morgan fingerprint density at radius 3 is 2.76 bits per heavy atom. The highest BCUT2D eigenvalue weighted by atomic mass is 32.2. The second-order valence-corrected chi connectivity index (χ2v) is 6.48. The van der Waals surface area contributed by atoms with Crippen LogP contribution < -0.4 is 5.32 Å². The molecule has 1 rings (SSSR count). The molecule has 0 saturated heterocycles. The maximum Gasteiger partial charge on any atom is 0.150 e. The number of rotatable bonds is 7. The molecule has 5 heteroatoms. The summed E-state index contributed by atoms with van der Waals surface area (Å²) in [5.41, 5.74) is 1.10. The van der Waals surface area contributed by atoms with Crippen molar-refractivity contribution in [3.8, 4) is 0 Å². The third-order valence-corrected chi connectivity index (χ3v) is 4.61. The third-order valence-electron chi connectivity index (χ3n) is 2.82. The van der Waals surface area contributed by atoms with Crippen molar-refractivity contribution in [3.05, 3.63) is 30.1 Å². The van der Waals surface area contributed by atoms with Gasteiger partial charge in [0.1, 0.15) is 9.84 Å². The zero-order chi connectivity index (χ0) is 12.7. The molecule has 0 radical (unpaired) electrons. The van der Waals surface area contributed by atoms with E-state index in [1.165, 1.54) is 0 Å². The average Bonchev–Trinajstić information content (AvgIpc) is 2.36. The fraction of sp³-hybridized carbons (Fsp3) is 0.583. The van der Waals surface area contributed by atoms with Gasteiger partial charge in [0, 0.05) is 24.2 Å². The molecule has 0 amide bonds. The lowest BCUT2D eigenvalue weighted by atomic mass is 10.1. The maximum absolute atomic E-state index is 11.4. The number of hydrogen-bond donors (Lipinski definition) is 1. The van der Waals surface area contributed by atoms with Crippen molar-refractivity contribution in [1.82, 2.24) is 10.3 Å². The molecule has 1 aromatic heterocycles. The number of aromatic nitrogens is 1. The minimum atomic E-state index is -2.85. The van der Waals surface area contributed by atoms with E-state index in [9.17, 15) is 8.42 Å². The summed E-state index contributed by atoms with van der Waals surface area (Å²) >= 11 is 0. The fourth-order valence-electron chi connectivity index (χ4n) is 1.71. The molecule has 0 saturated carbocycles. The van der Waals surface area contributed by atoms with Gasteiger partial charge in [-0.2, -0.15) is 0 Å².